The van der Waals surface area contributed by atoms with Gasteiger partial charge >= 0.3 is 0 Å². The molecule has 0 fully saturated rings. The summed E-state index contributed by atoms with van der Waals surface area (Å²) in [6, 6.07) is 8.24. The van der Waals surface area contributed by atoms with Crippen LogP contribution >= 0.6 is 0 Å². The number of benzene rings is 1. The molecule has 0 radical (unpaired) electrons. The number of nitrogens with two attached hydrogens (primary N) is 1. The first-order valence-corrected chi connectivity index (χ1v) is 5.75. The molecule has 1 rings (SSSR count). The lowest BCUT2D eigenvalue weighted by molar-refractivity contribution is 0.193. The molecule has 0 bridgehead atoms. The lowest BCUT2D eigenvalue weighted by Crippen LogP contribution is -2.13. The molecule has 15 heavy (non-hydrogen) atoms. The van der Waals surface area contributed by atoms with E-state index in [-0.39, 0.29) is 0 Å². The Morgan fingerprint density at radius 1 is 1.13 bits per heavy atom. The maximum atomic E-state index is 5.81. The zero-order valence-electron chi connectivity index (χ0n) is 9.70. The minimum Gasteiger partial charge on any atom is -0.490 e. The van der Waals surface area contributed by atoms with Crippen molar-refractivity contribution in [2.24, 2.45) is 5.73 Å². The Balaban J connectivity index is 2.55. The Kier molecular flexibility index (Phi) is 5.19. The minimum atomic E-state index is 0.338. The van der Waals surface area contributed by atoms with E-state index in [1.54, 1.807) is 0 Å². The van der Waals surface area contributed by atoms with E-state index in [1.807, 2.05) is 12.1 Å². The summed E-state index contributed by atoms with van der Waals surface area (Å²) >= 11 is 0. The fourth-order valence-corrected chi connectivity index (χ4v) is 1.55. The van der Waals surface area contributed by atoms with Gasteiger partial charge in [0.25, 0.3) is 0 Å². The third kappa shape index (κ3) is 3.92. The van der Waals surface area contributed by atoms with Gasteiger partial charge < -0.3 is 10.5 Å². The van der Waals surface area contributed by atoms with Crippen LogP contribution in [0.4, 0.5) is 0 Å². The molecule has 0 saturated heterocycles. The highest BCUT2D eigenvalue weighted by Gasteiger charge is 2.04. The van der Waals surface area contributed by atoms with Crippen molar-refractivity contribution in [1.29, 1.82) is 0 Å². The standard InChI is InChI=1S/C13H21NO/c1-3-12(4-2)15-13-7-5-11(6-8-13)9-10-14/h5-8,12H,3-4,9-10,14H2,1-2H3. The van der Waals surface area contributed by atoms with Crippen LogP contribution in [-0.2, 0) is 6.42 Å². The largest absolute Gasteiger partial charge is 0.490 e. The average molecular weight is 207 g/mol. The summed E-state index contributed by atoms with van der Waals surface area (Å²) < 4.78 is 5.81. The molecule has 1 aromatic carbocycles. The van der Waals surface area contributed by atoms with Crippen LogP contribution in [0.3, 0.4) is 0 Å². The maximum Gasteiger partial charge on any atom is 0.119 e. The monoisotopic (exact) mass is 207 g/mol. The molecule has 2 heteroatoms. The Labute approximate surface area is 92.4 Å². The van der Waals surface area contributed by atoms with Gasteiger partial charge in [-0.25, -0.2) is 0 Å². The third-order valence-electron chi connectivity index (χ3n) is 2.57. The van der Waals surface area contributed by atoms with Crippen LogP contribution in [0.15, 0.2) is 24.3 Å². The molecule has 1 aromatic rings. The molecular weight excluding hydrogens is 186 g/mol. The van der Waals surface area contributed by atoms with E-state index in [2.05, 4.69) is 26.0 Å². The molecule has 0 saturated carbocycles. The van der Waals surface area contributed by atoms with Gasteiger partial charge in [0.1, 0.15) is 5.75 Å². The van der Waals surface area contributed by atoms with Crippen LogP contribution < -0.4 is 10.5 Å². The quantitative estimate of drug-likeness (QED) is 0.778. The first-order chi connectivity index (χ1) is 7.30. The summed E-state index contributed by atoms with van der Waals surface area (Å²) in [7, 11) is 0. The smallest absolute Gasteiger partial charge is 0.119 e. The van der Waals surface area contributed by atoms with E-state index in [4.69, 9.17) is 10.5 Å². The Morgan fingerprint density at radius 2 is 1.73 bits per heavy atom. The predicted octanol–water partition coefficient (Wildman–Crippen LogP) is 2.76. The summed E-state index contributed by atoms with van der Waals surface area (Å²) in [4.78, 5) is 0. The van der Waals surface area contributed by atoms with E-state index in [1.165, 1.54) is 5.56 Å². The van der Waals surface area contributed by atoms with Crippen LogP contribution in [0.1, 0.15) is 32.3 Å². The van der Waals surface area contributed by atoms with Crippen molar-refractivity contribution in [3.05, 3.63) is 29.8 Å². The van der Waals surface area contributed by atoms with Crippen molar-refractivity contribution in [2.45, 2.75) is 39.2 Å². The SMILES string of the molecule is CCC(CC)Oc1ccc(CCN)cc1. The second kappa shape index (κ2) is 6.46. The van der Waals surface area contributed by atoms with Crippen molar-refractivity contribution in [2.75, 3.05) is 6.54 Å². The van der Waals surface area contributed by atoms with Crippen molar-refractivity contribution in [3.63, 3.8) is 0 Å². The first kappa shape index (κ1) is 12.1. The van der Waals surface area contributed by atoms with Crippen molar-refractivity contribution in [3.8, 4) is 5.75 Å². The highest BCUT2D eigenvalue weighted by Crippen LogP contribution is 2.16. The van der Waals surface area contributed by atoms with E-state index >= 15 is 0 Å². The van der Waals surface area contributed by atoms with E-state index in [9.17, 15) is 0 Å². The molecular formula is C13H21NO. The van der Waals surface area contributed by atoms with Gasteiger partial charge in [-0.05, 0) is 43.5 Å². The van der Waals surface area contributed by atoms with E-state index < -0.39 is 0 Å². The van der Waals surface area contributed by atoms with Gasteiger partial charge in [-0.15, -0.1) is 0 Å². The number of rotatable bonds is 6. The number of hydrogen-bond donors (Lipinski definition) is 1. The fraction of sp³-hybridized carbons (Fsp3) is 0.538. The zero-order chi connectivity index (χ0) is 11.1. The lowest BCUT2D eigenvalue weighted by atomic mass is 10.1. The molecule has 0 amide bonds. The second-order valence-corrected chi connectivity index (χ2v) is 3.74. The summed E-state index contributed by atoms with van der Waals surface area (Å²) in [5, 5.41) is 0. The van der Waals surface area contributed by atoms with E-state index in [0.717, 1.165) is 25.0 Å². The second-order valence-electron chi connectivity index (χ2n) is 3.74. The number of hydrogen-bond acceptors (Lipinski definition) is 2. The first-order valence-electron chi connectivity index (χ1n) is 5.75. The van der Waals surface area contributed by atoms with Crippen LogP contribution in [-0.4, -0.2) is 12.6 Å². The lowest BCUT2D eigenvalue weighted by Gasteiger charge is -2.15. The number of ether oxygens (including phenoxy) is 1. The van der Waals surface area contributed by atoms with Gasteiger partial charge in [-0.2, -0.15) is 0 Å². The summed E-state index contributed by atoms with van der Waals surface area (Å²) in [6.45, 7) is 5.00. The van der Waals surface area contributed by atoms with Gasteiger partial charge in [-0.1, -0.05) is 26.0 Å². The van der Waals surface area contributed by atoms with Crippen LogP contribution in [0.2, 0.25) is 0 Å². The third-order valence-corrected chi connectivity index (χ3v) is 2.57. The molecule has 0 atom stereocenters. The maximum absolute atomic E-state index is 5.81. The van der Waals surface area contributed by atoms with Crippen molar-refractivity contribution in [1.82, 2.24) is 0 Å². The van der Waals surface area contributed by atoms with Gasteiger partial charge in [0.15, 0.2) is 0 Å². The summed E-state index contributed by atoms with van der Waals surface area (Å²) in [6.07, 6.45) is 3.39. The van der Waals surface area contributed by atoms with Crippen LogP contribution in [0, 0.1) is 0 Å². The van der Waals surface area contributed by atoms with Crippen LogP contribution in [0.25, 0.3) is 0 Å². The van der Waals surface area contributed by atoms with Gasteiger partial charge in [0.2, 0.25) is 0 Å². The molecule has 0 spiro atoms. The van der Waals surface area contributed by atoms with Crippen molar-refractivity contribution < 1.29 is 4.74 Å². The van der Waals surface area contributed by atoms with E-state index in [0.29, 0.717) is 12.6 Å². The zero-order valence-corrected chi connectivity index (χ0v) is 9.70. The molecule has 2 N–H and O–H groups in total. The molecule has 0 aliphatic rings. The highest BCUT2D eigenvalue weighted by atomic mass is 16.5. The van der Waals surface area contributed by atoms with Gasteiger partial charge in [0, 0.05) is 0 Å². The Bertz CT molecular complexity index is 264. The fourth-order valence-electron chi connectivity index (χ4n) is 1.55. The Morgan fingerprint density at radius 3 is 2.20 bits per heavy atom. The minimum absolute atomic E-state index is 0.338. The molecule has 0 unspecified atom stereocenters. The summed E-state index contributed by atoms with van der Waals surface area (Å²) in [5.41, 5.74) is 6.76. The predicted molar refractivity (Wildman–Crippen MR) is 64.2 cm³/mol. The molecule has 0 aliphatic carbocycles. The molecule has 2 nitrogen and oxygen atoms in total. The van der Waals surface area contributed by atoms with Gasteiger partial charge in [0.05, 0.1) is 6.10 Å². The molecule has 84 valence electrons. The Hall–Kier alpha value is -1.02. The molecule has 0 aromatic heterocycles. The highest BCUT2D eigenvalue weighted by molar-refractivity contribution is 5.27. The van der Waals surface area contributed by atoms with Crippen LogP contribution in [0.5, 0.6) is 5.75 Å². The average Bonchev–Trinajstić information content (AvgIpc) is 2.28. The summed E-state index contributed by atoms with van der Waals surface area (Å²) in [5.74, 6) is 0.962. The topological polar surface area (TPSA) is 35.2 Å². The normalized spacial score (nSPS) is 10.7. The van der Waals surface area contributed by atoms with Gasteiger partial charge in [-0.3, -0.25) is 0 Å². The molecule has 0 aliphatic heterocycles. The molecule has 0 heterocycles. The van der Waals surface area contributed by atoms with Crippen molar-refractivity contribution >= 4 is 0 Å².